The number of hydrogen-bond donors (Lipinski definition) is 5. The van der Waals surface area contributed by atoms with Crippen LogP contribution in [0.15, 0.2) is 66.7 Å². The SMILES string of the molecule is CS(=O)(=O)O.N=C(N)c1ccc(NC(=O)c2ccccc2-c2cc(Cl)ccc2C(=O)O)cc1. The van der Waals surface area contributed by atoms with E-state index >= 15 is 0 Å². The Morgan fingerprint density at radius 2 is 1.55 bits per heavy atom. The van der Waals surface area contributed by atoms with Gasteiger partial charge in [0.2, 0.25) is 0 Å². The molecule has 33 heavy (non-hydrogen) atoms. The minimum Gasteiger partial charge on any atom is -0.478 e. The van der Waals surface area contributed by atoms with Crippen molar-refractivity contribution in [2.75, 3.05) is 11.6 Å². The first kappa shape index (κ1) is 25.5. The molecule has 0 heterocycles. The van der Waals surface area contributed by atoms with Crippen LogP contribution in [-0.4, -0.2) is 42.0 Å². The van der Waals surface area contributed by atoms with E-state index in [9.17, 15) is 23.1 Å². The fourth-order valence-corrected chi connectivity index (χ4v) is 2.95. The van der Waals surface area contributed by atoms with E-state index in [2.05, 4.69) is 5.32 Å². The molecule has 9 nitrogen and oxygen atoms in total. The molecule has 0 saturated heterocycles. The second-order valence-corrected chi connectivity index (χ2v) is 8.62. The minimum atomic E-state index is -3.67. The van der Waals surface area contributed by atoms with Gasteiger partial charge in [-0.2, -0.15) is 8.42 Å². The average molecular weight is 490 g/mol. The zero-order valence-corrected chi connectivity index (χ0v) is 18.8. The highest BCUT2D eigenvalue weighted by Crippen LogP contribution is 2.30. The first-order valence-corrected chi connectivity index (χ1v) is 11.4. The molecule has 0 saturated carbocycles. The molecule has 0 radical (unpaired) electrons. The number of nitrogens with two attached hydrogens (primary N) is 1. The smallest absolute Gasteiger partial charge is 0.336 e. The molecule has 6 N–H and O–H groups in total. The molecule has 1 amide bonds. The van der Waals surface area contributed by atoms with Crippen LogP contribution < -0.4 is 11.1 Å². The number of carbonyl (C=O) groups is 2. The zero-order chi connectivity index (χ0) is 24.8. The number of nitrogens with one attached hydrogen (secondary N) is 2. The van der Waals surface area contributed by atoms with Crippen molar-refractivity contribution in [1.82, 2.24) is 0 Å². The molecule has 0 atom stereocenters. The van der Waals surface area contributed by atoms with E-state index in [0.29, 0.717) is 39.2 Å². The summed E-state index contributed by atoms with van der Waals surface area (Å²) in [5, 5.41) is 20.0. The van der Waals surface area contributed by atoms with Crippen LogP contribution in [0.1, 0.15) is 26.3 Å². The molecule has 172 valence electrons. The Labute approximate surface area is 195 Å². The molecule has 0 aliphatic carbocycles. The number of aromatic carboxylic acids is 1. The third-order valence-corrected chi connectivity index (χ3v) is 4.36. The van der Waals surface area contributed by atoms with Gasteiger partial charge >= 0.3 is 5.97 Å². The van der Waals surface area contributed by atoms with Gasteiger partial charge in [-0.25, -0.2) is 4.79 Å². The number of benzene rings is 3. The van der Waals surface area contributed by atoms with Gasteiger partial charge in [0.25, 0.3) is 16.0 Å². The Bertz CT molecular complexity index is 1300. The number of amidine groups is 1. The van der Waals surface area contributed by atoms with Crippen LogP contribution in [0, 0.1) is 5.41 Å². The van der Waals surface area contributed by atoms with Crippen LogP contribution in [0.3, 0.4) is 0 Å². The number of nitrogen functional groups attached to an aromatic ring is 1. The van der Waals surface area contributed by atoms with Gasteiger partial charge in [-0.05, 0) is 59.7 Å². The van der Waals surface area contributed by atoms with Crippen molar-refractivity contribution in [2.24, 2.45) is 5.73 Å². The Morgan fingerprint density at radius 3 is 2.09 bits per heavy atom. The molecule has 0 aliphatic rings. The maximum absolute atomic E-state index is 12.8. The van der Waals surface area contributed by atoms with Crippen molar-refractivity contribution in [3.63, 3.8) is 0 Å². The fourth-order valence-electron chi connectivity index (χ4n) is 2.77. The molecule has 3 aromatic rings. The highest BCUT2D eigenvalue weighted by atomic mass is 35.5. The van der Waals surface area contributed by atoms with Crippen molar-refractivity contribution < 1.29 is 27.7 Å². The summed E-state index contributed by atoms with van der Waals surface area (Å²) in [5.41, 5.74) is 7.67. The third-order valence-electron chi connectivity index (χ3n) is 4.13. The lowest BCUT2D eigenvalue weighted by atomic mass is 9.95. The number of carbonyl (C=O) groups excluding carboxylic acids is 1. The number of hydrogen-bond acceptors (Lipinski definition) is 5. The topological polar surface area (TPSA) is 171 Å². The van der Waals surface area contributed by atoms with Crippen molar-refractivity contribution in [3.05, 3.63) is 88.4 Å². The molecule has 0 aromatic heterocycles. The van der Waals surface area contributed by atoms with E-state index in [4.69, 9.17) is 27.3 Å². The average Bonchev–Trinajstić information content (AvgIpc) is 2.72. The number of carboxylic acids is 1. The molecule has 0 aliphatic heterocycles. The monoisotopic (exact) mass is 489 g/mol. The Balaban J connectivity index is 0.000000696. The number of carboxylic acid groups (broad SMARTS) is 1. The summed E-state index contributed by atoms with van der Waals surface area (Å²) < 4.78 is 25.9. The van der Waals surface area contributed by atoms with Gasteiger partial charge in [0.15, 0.2) is 0 Å². The summed E-state index contributed by atoms with van der Waals surface area (Å²) >= 11 is 6.05. The van der Waals surface area contributed by atoms with E-state index in [1.165, 1.54) is 18.2 Å². The maximum atomic E-state index is 12.8. The Morgan fingerprint density at radius 1 is 0.970 bits per heavy atom. The first-order valence-electron chi connectivity index (χ1n) is 9.17. The van der Waals surface area contributed by atoms with Crippen molar-refractivity contribution in [2.45, 2.75) is 0 Å². The van der Waals surface area contributed by atoms with Crippen LogP contribution in [0.5, 0.6) is 0 Å². The van der Waals surface area contributed by atoms with Gasteiger partial charge in [-0.3, -0.25) is 14.8 Å². The normalized spacial score (nSPS) is 10.5. The standard InChI is InChI=1S/C21H16ClN3O3.CH4O3S/c22-13-7-10-17(21(27)28)18(11-13)15-3-1-2-4-16(15)20(26)25-14-8-5-12(6-9-14)19(23)24;1-5(2,3)4/h1-11H,(H3,23,24)(H,25,26)(H,27,28);1H3,(H,2,3,4). The number of anilines is 1. The summed E-state index contributed by atoms with van der Waals surface area (Å²) in [6, 6.07) is 17.7. The highest BCUT2D eigenvalue weighted by Gasteiger charge is 2.18. The lowest BCUT2D eigenvalue weighted by Gasteiger charge is -2.13. The van der Waals surface area contributed by atoms with Gasteiger partial charge in [0, 0.05) is 21.8 Å². The number of rotatable bonds is 5. The lowest BCUT2D eigenvalue weighted by Crippen LogP contribution is -2.14. The molecular weight excluding hydrogens is 470 g/mol. The van der Waals surface area contributed by atoms with Crippen molar-refractivity contribution in [1.29, 1.82) is 5.41 Å². The van der Waals surface area contributed by atoms with Crippen LogP contribution in [0.2, 0.25) is 5.02 Å². The van der Waals surface area contributed by atoms with Gasteiger partial charge < -0.3 is 16.2 Å². The van der Waals surface area contributed by atoms with Crippen molar-refractivity contribution >= 4 is 45.1 Å². The number of halogens is 1. The summed E-state index contributed by atoms with van der Waals surface area (Å²) in [4.78, 5) is 24.4. The van der Waals surface area contributed by atoms with E-state index in [0.717, 1.165) is 0 Å². The molecule has 0 bridgehead atoms. The second kappa shape index (κ2) is 10.7. The third kappa shape index (κ3) is 7.72. The molecule has 0 spiro atoms. The van der Waals surface area contributed by atoms with Crippen LogP contribution in [-0.2, 0) is 10.1 Å². The summed E-state index contributed by atoms with van der Waals surface area (Å²) in [6.45, 7) is 0. The lowest BCUT2D eigenvalue weighted by molar-refractivity contribution is 0.0697. The molecule has 3 aromatic carbocycles. The quantitative estimate of drug-likeness (QED) is 0.206. The fraction of sp³-hybridized carbons (Fsp3) is 0.0455. The highest BCUT2D eigenvalue weighted by molar-refractivity contribution is 7.85. The van der Waals surface area contributed by atoms with E-state index < -0.39 is 22.0 Å². The predicted molar refractivity (Wildman–Crippen MR) is 127 cm³/mol. The number of amides is 1. The van der Waals surface area contributed by atoms with E-state index in [-0.39, 0.29) is 11.4 Å². The van der Waals surface area contributed by atoms with Crippen LogP contribution in [0.25, 0.3) is 11.1 Å². The maximum Gasteiger partial charge on any atom is 0.336 e. The predicted octanol–water partition coefficient (Wildman–Crippen LogP) is 3.75. The Kier molecular flexibility index (Phi) is 8.30. The molecular formula is C22H20ClN3O6S. The van der Waals surface area contributed by atoms with Gasteiger partial charge in [0.1, 0.15) is 5.84 Å². The largest absolute Gasteiger partial charge is 0.478 e. The van der Waals surface area contributed by atoms with E-state index in [1.54, 1.807) is 48.5 Å². The van der Waals surface area contributed by atoms with Gasteiger partial charge in [0.05, 0.1) is 11.8 Å². The van der Waals surface area contributed by atoms with Crippen molar-refractivity contribution in [3.8, 4) is 11.1 Å². The van der Waals surface area contributed by atoms with Gasteiger partial charge in [-0.15, -0.1) is 0 Å². The molecule has 11 heteroatoms. The summed E-state index contributed by atoms with van der Waals surface area (Å²) in [6.07, 6.45) is 0.715. The first-order chi connectivity index (χ1) is 15.4. The second-order valence-electron chi connectivity index (χ2n) is 6.72. The zero-order valence-electron chi connectivity index (χ0n) is 17.2. The molecule has 0 fully saturated rings. The minimum absolute atomic E-state index is 0.0514. The van der Waals surface area contributed by atoms with Gasteiger partial charge in [-0.1, -0.05) is 29.8 Å². The molecule has 3 rings (SSSR count). The van der Waals surface area contributed by atoms with Crippen LogP contribution in [0.4, 0.5) is 5.69 Å². The summed E-state index contributed by atoms with van der Waals surface area (Å²) in [7, 11) is -3.67. The van der Waals surface area contributed by atoms with Crippen LogP contribution >= 0.6 is 11.6 Å². The molecule has 0 unspecified atom stereocenters. The van der Waals surface area contributed by atoms with E-state index in [1.807, 2.05) is 0 Å². The summed E-state index contributed by atoms with van der Waals surface area (Å²) in [5.74, 6) is -1.57. The Hall–Kier alpha value is -3.73.